The van der Waals surface area contributed by atoms with Crippen LogP contribution in [0.2, 0.25) is 0 Å². The Morgan fingerprint density at radius 1 is 0.122 bits per heavy atom. The number of para-hydroxylation sites is 2. The molecule has 30 bridgehead atoms. The Morgan fingerprint density at radius 3 is 0.662 bits per heavy atom. The van der Waals surface area contributed by atoms with Crippen LogP contribution in [-0.2, 0) is 5.41 Å². The first-order chi connectivity index (χ1) is 73.3. The minimum atomic E-state index is -0.527. The molecule has 0 radical (unpaired) electrons. The van der Waals surface area contributed by atoms with Gasteiger partial charge in [-0.1, -0.05) is 400 Å². The molecule has 3 aromatic heterocycles. The van der Waals surface area contributed by atoms with E-state index >= 15 is 0 Å². The van der Waals surface area contributed by atoms with Gasteiger partial charge in [0.05, 0.1) is 16.8 Å². The summed E-state index contributed by atoms with van der Waals surface area (Å²) in [6.45, 7) is 0. The number of anilines is 9. The van der Waals surface area contributed by atoms with E-state index in [1.54, 1.807) is 0 Å². The Balaban J connectivity index is 0.000000115. The molecule has 0 unspecified atom stereocenters. The zero-order valence-corrected chi connectivity index (χ0v) is 80.5. The van der Waals surface area contributed by atoms with Crippen LogP contribution in [0.5, 0.6) is 0 Å². The molecule has 11 heteroatoms. The highest BCUT2D eigenvalue weighted by Crippen LogP contribution is 2.58. The van der Waals surface area contributed by atoms with Crippen molar-refractivity contribution in [3.63, 3.8) is 0 Å². The molecule has 1 aliphatic carbocycles. The van der Waals surface area contributed by atoms with Crippen molar-refractivity contribution in [2.24, 2.45) is 0 Å². The predicted molar refractivity (Wildman–Crippen MR) is 605 cm³/mol. The number of hydrogen-bond acceptors (Lipinski definition) is 11. The number of benzene rings is 21. The van der Waals surface area contributed by atoms with E-state index < -0.39 is 5.41 Å². The van der Waals surface area contributed by atoms with Crippen LogP contribution < -0.4 is 14.7 Å². The molecule has 6 heterocycles. The highest BCUT2D eigenvalue weighted by atomic mass is 15.2. The first kappa shape index (κ1) is 88.3. The normalized spacial score (nSPS) is 12.2. The van der Waals surface area contributed by atoms with E-state index in [0.29, 0.717) is 40.8 Å². The topological polar surface area (TPSA) is 113 Å². The SMILES string of the molecule is c1ccc(-c2cc3nc(n2)-c2cccc(c2)-c2cccc(c2)N(c2ccccc2)c2cccc(c2)-c2cccc-3c2)cc1.c1ccc(-c2nc3nc(n2)-c2cccc(c2)-c2cccc(c2)N(c2ccc4c(c2)C(c2ccccc2)(c2ccccc2)c2ccccc2-4)c2cccc(c2)-c2cccc-3c2)cc1.c1ccc(-c2nc3nc(n2)-c2cccc(c2)-c2cccc(c2)N(c2ccccc2)c2cccc(c2)-c2cccc-3c2)cc1. The summed E-state index contributed by atoms with van der Waals surface area (Å²) in [5, 5.41) is 0. The molecule has 0 spiro atoms. The summed E-state index contributed by atoms with van der Waals surface area (Å²) < 4.78 is 0. The molecular formula is C137H91N11. The van der Waals surface area contributed by atoms with E-state index in [-0.39, 0.29) is 0 Å². The van der Waals surface area contributed by atoms with Gasteiger partial charge in [-0.2, -0.15) is 0 Å². The molecular weight excluding hydrogens is 1800 g/mol. The van der Waals surface area contributed by atoms with E-state index in [0.717, 1.165) is 179 Å². The van der Waals surface area contributed by atoms with Gasteiger partial charge < -0.3 is 14.7 Å². The fourth-order valence-corrected chi connectivity index (χ4v) is 21.2. The highest BCUT2D eigenvalue weighted by Gasteiger charge is 2.46. The number of nitrogens with zero attached hydrogens (tertiary/aromatic N) is 11. The third-order valence-corrected chi connectivity index (χ3v) is 28.2. The van der Waals surface area contributed by atoms with Crippen molar-refractivity contribution in [1.82, 2.24) is 39.9 Å². The summed E-state index contributed by atoms with van der Waals surface area (Å²) in [5.74, 6) is 4.56. The molecule has 0 fully saturated rings. The van der Waals surface area contributed by atoms with E-state index in [2.05, 4.69) is 500 Å². The zero-order chi connectivity index (χ0) is 98.2. The molecule has 0 saturated heterocycles. The van der Waals surface area contributed by atoms with Crippen LogP contribution in [0, 0.1) is 0 Å². The first-order valence-electron chi connectivity index (χ1n) is 50.0. The van der Waals surface area contributed by atoms with Gasteiger partial charge >= 0.3 is 0 Å². The maximum atomic E-state index is 5.13. The number of rotatable bonds is 8. The van der Waals surface area contributed by atoms with Gasteiger partial charge in [0.15, 0.2) is 40.8 Å². The zero-order valence-electron chi connectivity index (χ0n) is 80.5. The average Bonchev–Trinajstić information content (AvgIpc) is 1.53. The minimum Gasteiger partial charge on any atom is -0.310 e. The lowest BCUT2D eigenvalue weighted by atomic mass is 9.67. The van der Waals surface area contributed by atoms with E-state index in [4.69, 9.17) is 39.9 Å². The second-order valence-electron chi connectivity index (χ2n) is 37.4. The molecule has 4 aliphatic rings. The number of hydrogen-bond donors (Lipinski definition) is 0. The van der Waals surface area contributed by atoms with Crippen LogP contribution in [0.25, 0.3) is 180 Å². The molecule has 3 aliphatic heterocycles. The Morgan fingerprint density at radius 2 is 0.331 bits per heavy atom. The molecule has 0 N–H and O–H groups in total. The quantitative estimate of drug-likeness (QED) is 0.145. The van der Waals surface area contributed by atoms with E-state index in [1.165, 1.54) is 33.4 Å². The summed E-state index contributed by atoms with van der Waals surface area (Å²) in [6.07, 6.45) is 0. The van der Waals surface area contributed by atoms with Crippen LogP contribution >= 0.6 is 0 Å². The number of aromatic nitrogens is 8. The lowest BCUT2D eigenvalue weighted by Crippen LogP contribution is -2.28. The predicted octanol–water partition coefficient (Wildman–Crippen LogP) is 34.9. The summed E-state index contributed by atoms with van der Waals surface area (Å²) in [4.78, 5) is 47.4. The van der Waals surface area contributed by atoms with Crippen LogP contribution in [0.4, 0.5) is 51.2 Å². The summed E-state index contributed by atoms with van der Waals surface area (Å²) in [7, 11) is 0. The minimum absolute atomic E-state index is 0.527. The molecule has 21 aromatic carbocycles. The fourth-order valence-electron chi connectivity index (χ4n) is 21.2. The van der Waals surface area contributed by atoms with Crippen molar-refractivity contribution >= 4 is 51.2 Å². The maximum Gasteiger partial charge on any atom is 0.164 e. The third-order valence-electron chi connectivity index (χ3n) is 28.2. The number of fused-ring (bicyclic) bond motifs is 45. The van der Waals surface area contributed by atoms with Gasteiger partial charge in [0.1, 0.15) is 0 Å². The Kier molecular flexibility index (Phi) is 23.0. The van der Waals surface area contributed by atoms with Crippen molar-refractivity contribution in [2.45, 2.75) is 5.41 Å². The van der Waals surface area contributed by atoms with Crippen LogP contribution in [0.3, 0.4) is 0 Å². The van der Waals surface area contributed by atoms with E-state index in [1.807, 2.05) is 66.7 Å². The largest absolute Gasteiger partial charge is 0.310 e. The third kappa shape index (κ3) is 17.1. The van der Waals surface area contributed by atoms with Crippen molar-refractivity contribution in [1.29, 1.82) is 0 Å². The molecule has 24 aromatic rings. The van der Waals surface area contributed by atoms with Crippen LogP contribution in [-0.4, -0.2) is 39.9 Å². The molecule has 11 nitrogen and oxygen atoms in total. The van der Waals surface area contributed by atoms with Crippen molar-refractivity contribution in [3.8, 4) is 180 Å². The van der Waals surface area contributed by atoms with Gasteiger partial charge in [-0.3, -0.25) is 0 Å². The van der Waals surface area contributed by atoms with Gasteiger partial charge in [0.25, 0.3) is 0 Å². The monoisotopic (exact) mass is 1890 g/mol. The summed E-state index contributed by atoms with van der Waals surface area (Å²) in [6, 6.07) is 196. The lowest BCUT2D eigenvalue weighted by Gasteiger charge is -2.35. The van der Waals surface area contributed by atoms with Gasteiger partial charge in [-0.25, -0.2) is 39.9 Å². The summed E-state index contributed by atoms with van der Waals surface area (Å²) in [5.41, 5.74) is 40.6. The van der Waals surface area contributed by atoms with Gasteiger partial charge in [0.2, 0.25) is 0 Å². The molecule has 148 heavy (non-hydrogen) atoms. The van der Waals surface area contributed by atoms with Gasteiger partial charge in [0, 0.05) is 101 Å². The second kappa shape index (κ2) is 38.5. The smallest absolute Gasteiger partial charge is 0.164 e. The van der Waals surface area contributed by atoms with Crippen molar-refractivity contribution in [2.75, 3.05) is 14.7 Å². The molecule has 0 atom stereocenters. The maximum absolute atomic E-state index is 5.13. The fraction of sp³-hybridized carbons (Fsp3) is 0.00730. The molecule has 28 rings (SSSR count). The first-order valence-corrected chi connectivity index (χ1v) is 50.0. The Bertz CT molecular complexity index is 8450. The Hall–Kier alpha value is -19.9. The lowest BCUT2D eigenvalue weighted by molar-refractivity contribution is 0.768. The standard InChI is InChI=1S/C58H38N4.C40H27N3.C39H26N4/c1-4-16-39(17-5-1)55-59-56-44-22-12-18-40(34-44)42-20-14-28-48(36-42)62(49-29-15-21-43(37-49)41-19-13-23-45(35-41)57(60-55)61-56)50-32-33-52-51-30-10-11-31-53(51)58(54(52)38-50,46-24-6-2-7-25-46)47-26-8-3-9-27-47;1-3-11-28(12-4-1)38-27-39-33-17-7-13-29(23-33)31-15-9-21-36(25-31)43(35-19-5-2-6-20-35)37-22-10-16-32(26-37)30-14-8-18-34(24-30)40(41-38)42-39;1-3-11-27(12-4-1)37-40-38-32-17-7-13-28(23-32)30-15-9-21-35(25-30)43(34-19-5-2-6-20-34)36-22-10-16-31(26-36)29-14-8-18-33(24-29)39(41-37)42-38/h1-38H;1-27H;1-26H. The summed E-state index contributed by atoms with van der Waals surface area (Å²) >= 11 is 0. The molecule has 0 amide bonds. The molecule has 694 valence electrons. The van der Waals surface area contributed by atoms with Crippen molar-refractivity contribution < 1.29 is 0 Å². The van der Waals surface area contributed by atoms with Gasteiger partial charge in [-0.05, 0) is 252 Å². The highest BCUT2D eigenvalue weighted by molar-refractivity contribution is 5.94. The average molecular weight is 1890 g/mol. The Labute approximate surface area is 859 Å². The van der Waals surface area contributed by atoms with E-state index in [9.17, 15) is 0 Å². The van der Waals surface area contributed by atoms with Crippen LogP contribution in [0.1, 0.15) is 22.3 Å². The van der Waals surface area contributed by atoms with Crippen molar-refractivity contribution in [3.05, 3.63) is 574 Å². The van der Waals surface area contributed by atoms with Gasteiger partial charge in [-0.15, -0.1) is 0 Å². The second-order valence-corrected chi connectivity index (χ2v) is 37.4. The van der Waals surface area contributed by atoms with Crippen LogP contribution in [0.15, 0.2) is 552 Å². The molecule has 0 saturated carbocycles.